The molecule has 5 rings (SSSR count). The number of nitrogens with zero attached hydrogens (tertiary/aromatic N) is 4. The van der Waals surface area contributed by atoms with Gasteiger partial charge in [-0.15, -0.1) is 0 Å². The van der Waals surface area contributed by atoms with Crippen LogP contribution in [0.5, 0.6) is 0 Å². The number of likely N-dealkylation sites (tertiary alicyclic amines) is 1. The average molecular weight is 415 g/mol. The van der Waals surface area contributed by atoms with Crippen molar-refractivity contribution >= 4 is 35.4 Å². The molecule has 1 saturated heterocycles. The van der Waals surface area contributed by atoms with Crippen molar-refractivity contribution in [3.63, 3.8) is 0 Å². The van der Waals surface area contributed by atoms with Crippen molar-refractivity contribution in [1.82, 2.24) is 4.90 Å². The Morgan fingerprint density at radius 2 is 2.00 bits per heavy atom. The van der Waals surface area contributed by atoms with Crippen LogP contribution in [-0.4, -0.2) is 55.3 Å². The van der Waals surface area contributed by atoms with Crippen molar-refractivity contribution in [1.29, 1.82) is 0 Å². The molecule has 2 fully saturated rings. The largest absolute Gasteiger partial charge is 0.375 e. The minimum atomic E-state index is 0.0280. The fourth-order valence-corrected chi connectivity index (χ4v) is 5.17. The van der Waals surface area contributed by atoms with E-state index in [1.165, 1.54) is 19.3 Å². The first-order valence-corrected chi connectivity index (χ1v) is 11.1. The Labute approximate surface area is 176 Å². The van der Waals surface area contributed by atoms with Gasteiger partial charge in [0.25, 0.3) is 0 Å². The van der Waals surface area contributed by atoms with Gasteiger partial charge < -0.3 is 14.5 Å². The summed E-state index contributed by atoms with van der Waals surface area (Å²) in [4.78, 5) is 27.0. The van der Waals surface area contributed by atoms with Crippen LogP contribution in [0.25, 0.3) is 0 Å². The number of rotatable bonds is 1. The topological polar surface area (TPSA) is 57.5 Å². The van der Waals surface area contributed by atoms with E-state index in [1.807, 2.05) is 23.1 Å². The summed E-state index contributed by atoms with van der Waals surface area (Å²) in [5.41, 5.74) is 1.92. The molecule has 29 heavy (non-hydrogen) atoms. The van der Waals surface area contributed by atoms with Crippen molar-refractivity contribution in [2.45, 2.75) is 44.8 Å². The summed E-state index contributed by atoms with van der Waals surface area (Å²) in [6.07, 6.45) is 7.42. The Kier molecular flexibility index (Phi) is 5.31. The number of ether oxygens (including phenoxy) is 1. The predicted octanol–water partition coefficient (Wildman–Crippen LogP) is 3.52. The van der Waals surface area contributed by atoms with Gasteiger partial charge in [-0.1, -0.05) is 18.0 Å². The summed E-state index contributed by atoms with van der Waals surface area (Å²) in [7, 11) is 0. The lowest BCUT2D eigenvalue weighted by Gasteiger charge is -2.35. The van der Waals surface area contributed by atoms with Gasteiger partial charge in [0.2, 0.25) is 11.9 Å². The number of hydrogen-bond donors (Lipinski definition) is 0. The fourth-order valence-electron chi connectivity index (χ4n) is 4.98. The number of halogens is 1. The number of amides is 1. The zero-order valence-corrected chi connectivity index (χ0v) is 17.4. The third kappa shape index (κ3) is 3.80. The number of aliphatic imine (C=N–C) groups is 2. The van der Waals surface area contributed by atoms with E-state index in [1.54, 1.807) is 0 Å². The van der Waals surface area contributed by atoms with Gasteiger partial charge in [-0.2, -0.15) is 0 Å². The highest BCUT2D eigenvalue weighted by Gasteiger charge is 2.34. The van der Waals surface area contributed by atoms with E-state index < -0.39 is 0 Å². The zero-order valence-electron chi connectivity index (χ0n) is 16.6. The molecular formula is C22H27ClN4O2. The third-order valence-corrected chi connectivity index (χ3v) is 6.87. The van der Waals surface area contributed by atoms with Gasteiger partial charge in [0, 0.05) is 54.0 Å². The maximum atomic E-state index is 13.3. The minimum Gasteiger partial charge on any atom is -0.375 e. The van der Waals surface area contributed by atoms with Gasteiger partial charge in [0.05, 0.1) is 19.3 Å². The molecule has 0 bridgehead atoms. The summed E-state index contributed by atoms with van der Waals surface area (Å²) < 4.78 is 5.68. The SMILES string of the molecule is O=C(C1CCN(C2=NC3CCCC3C=N2)CC1)N1CCOCc2cc(Cl)ccc21. The smallest absolute Gasteiger partial charge is 0.230 e. The molecule has 4 aliphatic rings. The van der Waals surface area contributed by atoms with Crippen LogP contribution in [0.3, 0.4) is 0 Å². The van der Waals surface area contributed by atoms with Crippen LogP contribution in [-0.2, 0) is 16.1 Å². The highest BCUT2D eigenvalue weighted by atomic mass is 35.5. The lowest BCUT2D eigenvalue weighted by atomic mass is 9.94. The second-order valence-corrected chi connectivity index (χ2v) is 8.88. The lowest BCUT2D eigenvalue weighted by Crippen LogP contribution is -2.45. The molecule has 3 aliphatic heterocycles. The quantitative estimate of drug-likeness (QED) is 0.706. The van der Waals surface area contributed by atoms with E-state index >= 15 is 0 Å². The van der Waals surface area contributed by atoms with Crippen molar-refractivity contribution in [3.8, 4) is 0 Å². The molecule has 0 radical (unpaired) electrons. The van der Waals surface area contributed by atoms with Crippen molar-refractivity contribution in [2.75, 3.05) is 31.1 Å². The maximum Gasteiger partial charge on any atom is 0.230 e. The van der Waals surface area contributed by atoms with Crippen molar-refractivity contribution < 1.29 is 9.53 Å². The molecule has 0 spiro atoms. The second kappa shape index (κ2) is 8.07. The molecule has 154 valence electrons. The molecule has 2 unspecified atom stereocenters. The molecule has 1 saturated carbocycles. The van der Waals surface area contributed by atoms with E-state index in [4.69, 9.17) is 21.3 Å². The van der Waals surface area contributed by atoms with Gasteiger partial charge in [0.1, 0.15) is 0 Å². The molecule has 3 heterocycles. The van der Waals surface area contributed by atoms with Gasteiger partial charge in [-0.3, -0.25) is 4.79 Å². The summed E-state index contributed by atoms with van der Waals surface area (Å²) in [6.45, 7) is 3.31. The zero-order chi connectivity index (χ0) is 19.8. The normalized spacial score (nSPS) is 27.3. The van der Waals surface area contributed by atoms with Crippen LogP contribution in [0.4, 0.5) is 5.69 Å². The first-order chi connectivity index (χ1) is 14.2. The Morgan fingerprint density at radius 3 is 2.86 bits per heavy atom. The Bertz CT molecular complexity index is 847. The van der Waals surface area contributed by atoms with Crippen LogP contribution >= 0.6 is 11.6 Å². The molecule has 1 amide bonds. The van der Waals surface area contributed by atoms with Gasteiger partial charge in [-0.25, -0.2) is 9.98 Å². The van der Waals surface area contributed by atoms with Crippen LogP contribution in [0.1, 0.15) is 37.7 Å². The van der Waals surface area contributed by atoms with Gasteiger partial charge >= 0.3 is 0 Å². The van der Waals surface area contributed by atoms with Gasteiger partial charge in [-0.05, 0) is 43.9 Å². The summed E-state index contributed by atoms with van der Waals surface area (Å²) in [5, 5.41) is 0.674. The molecule has 6 nitrogen and oxygen atoms in total. The Balaban J connectivity index is 1.26. The Hall–Kier alpha value is -1.92. The van der Waals surface area contributed by atoms with E-state index in [9.17, 15) is 4.79 Å². The molecule has 1 aromatic carbocycles. The molecule has 7 heteroatoms. The van der Waals surface area contributed by atoms with E-state index in [0.717, 1.165) is 43.1 Å². The molecule has 0 aromatic heterocycles. The first kappa shape index (κ1) is 19.1. The summed E-state index contributed by atoms with van der Waals surface area (Å²) >= 11 is 6.14. The number of piperidine rings is 1. The fraction of sp³-hybridized carbons (Fsp3) is 0.591. The van der Waals surface area contributed by atoms with Crippen molar-refractivity contribution in [3.05, 3.63) is 28.8 Å². The number of carbonyl (C=O) groups excluding carboxylic acids is 1. The lowest BCUT2D eigenvalue weighted by molar-refractivity contribution is -0.123. The van der Waals surface area contributed by atoms with Crippen LogP contribution in [0.15, 0.2) is 28.2 Å². The highest BCUT2D eigenvalue weighted by Crippen LogP contribution is 2.32. The maximum absolute atomic E-state index is 13.3. The molecule has 1 aromatic rings. The Morgan fingerprint density at radius 1 is 1.14 bits per heavy atom. The van der Waals surface area contributed by atoms with Gasteiger partial charge in [0.15, 0.2) is 0 Å². The number of anilines is 1. The monoisotopic (exact) mass is 414 g/mol. The van der Waals surface area contributed by atoms with E-state index in [0.29, 0.717) is 36.7 Å². The first-order valence-electron chi connectivity index (χ1n) is 10.7. The van der Waals surface area contributed by atoms with E-state index in [2.05, 4.69) is 16.1 Å². The van der Waals surface area contributed by atoms with Crippen LogP contribution < -0.4 is 4.90 Å². The van der Waals surface area contributed by atoms with Crippen LogP contribution in [0, 0.1) is 11.8 Å². The number of hydrogen-bond acceptors (Lipinski definition) is 5. The molecule has 1 aliphatic carbocycles. The molecule has 0 N–H and O–H groups in total. The highest BCUT2D eigenvalue weighted by molar-refractivity contribution is 6.30. The number of benzene rings is 1. The number of carbonyl (C=O) groups is 1. The average Bonchev–Trinajstić information content (AvgIpc) is 3.12. The minimum absolute atomic E-state index is 0.0280. The third-order valence-electron chi connectivity index (χ3n) is 6.64. The number of fused-ring (bicyclic) bond motifs is 2. The standard InChI is InChI=1S/C22H27ClN4O2/c23-18-4-5-20-17(12-18)14-29-11-10-27(20)21(28)15-6-8-26(9-7-15)22-24-13-16-2-1-3-19(16)25-22/h4-5,12-13,15-16,19H,1-3,6-11,14H2. The number of guanidine groups is 1. The second-order valence-electron chi connectivity index (χ2n) is 8.45. The molecule has 2 atom stereocenters. The summed E-state index contributed by atoms with van der Waals surface area (Å²) in [5.74, 6) is 1.64. The van der Waals surface area contributed by atoms with Crippen molar-refractivity contribution in [2.24, 2.45) is 21.8 Å². The predicted molar refractivity (Wildman–Crippen MR) is 115 cm³/mol. The van der Waals surface area contributed by atoms with Crippen LogP contribution in [0.2, 0.25) is 5.02 Å². The molecular weight excluding hydrogens is 388 g/mol. The van der Waals surface area contributed by atoms with E-state index in [-0.39, 0.29) is 11.8 Å². The summed E-state index contributed by atoms with van der Waals surface area (Å²) in [6, 6.07) is 6.12.